The zero-order chi connectivity index (χ0) is 17.3. The molecule has 6 nitrogen and oxygen atoms in total. The molecule has 2 atom stereocenters. The Morgan fingerprint density at radius 1 is 1.42 bits per heavy atom. The van der Waals surface area contributed by atoms with Crippen LogP contribution in [0, 0.1) is 0 Å². The number of carbonyl (C=O) groups is 2. The summed E-state index contributed by atoms with van der Waals surface area (Å²) in [4.78, 5) is 24.2. The molecular formula is C18H24N2O4. The van der Waals surface area contributed by atoms with Crippen molar-refractivity contribution < 1.29 is 19.1 Å². The van der Waals surface area contributed by atoms with E-state index in [2.05, 4.69) is 12.3 Å². The molecule has 1 fully saturated rings. The number of nitrogens with zero attached hydrogens (tertiary/aromatic N) is 1. The summed E-state index contributed by atoms with van der Waals surface area (Å²) in [5, 5.41) is 1.44. The van der Waals surface area contributed by atoms with E-state index in [1.165, 1.54) is 16.1 Å². The average molecular weight is 332 g/mol. The second kappa shape index (κ2) is 6.91. The van der Waals surface area contributed by atoms with Crippen molar-refractivity contribution in [3.8, 4) is 5.75 Å². The highest BCUT2D eigenvalue weighted by Gasteiger charge is 2.33. The summed E-state index contributed by atoms with van der Waals surface area (Å²) in [6.45, 7) is 6.07. The molecule has 1 N–H and O–H groups in total. The van der Waals surface area contributed by atoms with Crippen LogP contribution in [0.15, 0.2) is 18.2 Å². The first-order valence-corrected chi connectivity index (χ1v) is 8.46. The normalized spacial score (nSPS) is 23.5. The highest BCUT2D eigenvalue weighted by molar-refractivity contribution is 5.83. The molecule has 130 valence electrons. The van der Waals surface area contributed by atoms with Crippen molar-refractivity contribution in [3.05, 3.63) is 29.3 Å². The van der Waals surface area contributed by atoms with Crippen LogP contribution >= 0.6 is 0 Å². The number of nitrogens with one attached hydrogen (secondary N) is 1. The van der Waals surface area contributed by atoms with Gasteiger partial charge in [-0.1, -0.05) is 13.0 Å². The summed E-state index contributed by atoms with van der Waals surface area (Å²) in [5.74, 6) is 0.382. The molecule has 1 aliphatic carbocycles. The number of fused-ring (bicyclic) bond motifs is 1. The van der Waals surface area contributed by atoms with E-state index in [1.54, 1.807) is 0 Å². The molecule has 6 heteroatoms. The molecule has 2 aliphatic rings. The van der Waals surface area contributed by atoms with Gasteiger partial charge in [-0.15, -0.1) is 0 Å². The molecule has 1 aromatic rings. The molecule has 1 heterocycles. The van der Waals surface area contributed by atoms with E-state index in [4.69, 9.17) is 9.47 Å². The van der Waals surface area contributed by atoms with Crippen molar-refractivity contribution in [3.63, 3.8) is 0 Å². The Labute approximate surface area is 142 Å². The van der Waals surface area contributed by atoms with E-state index in [0.717, 1.165) is 12.8 Å². The third kappa shape index (κ3) is 3.60. The summed E-state index contributed by atoms with van der Waals surface area (Å²) in [6.07, 6.45) is 1.43. The Balaban J connectivity index is 1.65. The standard InChI is InChI=1S/C18H24N2O4/c1-11(2)19-20-9-16(23-10-17(20)21)18(22)24-14-7-6-13-5-4-12(3)15(13)8-14/h6-8,11-12,16,19H,4-5,9-10H2,1-3H3. The predicted molar refractivity (Wildman–Crippen MR) is 88.5 cm³/mol. The van der Waals surface area contributed by atoms with Crippen LogP contribution in [-0.2, 0) is 20.7 Å². The average Bonchev–Trinajstić information content (AvgIpc) is 2.90. The summed E-state index contributed by atoms with van der Waals surface area (Å²) in [7, 11) is 0. The maximum Gasteiger partial charge on any atom is 0.342 e. The predicted octanol–water partition coefficient (Wildman–Crippen LogP) is 1.78. The minimum atomic E-state index is -0.778. The summed E-state index contributed by atoms with van der Waals surface area (Å²) < 4.78 is 10.8. The molecule has 1 aliphatic heterocycles. The fraction of sp³-hybridized carbons (Fsp3) is 0.556. The van der Waals surface area contributed by atoms with Crippen LogP contribution in [0.4, 0.5) is 0 Å². The van der Waals surface area contributed by atoms with Crippen molar-refractivity contribution >= 4 is 11.9 Å². The molecule has 2 unspecified atom stereocenters. The number of carbonyl (C=O) groups excluding carboxylic acids is 2. The molecule has 0 saturated carbocycles. The van der Waals surface area contributed by atoms with Gasteiger partial charge >= 0.3 is 5.97 Å². The quantitative estimate of drug-likeness (QED) is 0.672. The Kier molecular flexibility index (Phi) is 4.87. The molecule has 1 amide bonds. The molecule has 0 spiro atoms. The number of hydrogen-bond donors (Lipinski definition) is 1. The molecule has 0 radical (unpaired) electrons. The summed E-state index contributed by atoms with van der Waals surface area (Å²) >= 11 is 0. The molecule has 1 aromatic carbocycles. The van der Waals surface area contributed by atoms with E-state index >= 15 is 0 Å². The molecule has 0 bridgehead atoms. The topological polar surface area (TPSA) is 67.9 Å². The maximum atomic E-state index is 12.4. The zero-order valence-electron chi connectivity index (χ0n) is 14.4. The van der Waals surface area contributed by atoms with Gasteiger partial charge in [-0.25, -0.2) is 10.2 Å². The van der Waals surface area contributed by atoms with Gasteiger partial charge in [0.1, 0.15) is 12.4 Å². The van der Waals surface area contributed by atoms with Gasteiger partial charge in [-0.2, -0.15) is 0 Å². The zero-order valence-corrected chi connectivity index (χ0v) is 14.4. The first kappa shape index (κ1) is 16.9. The van der Waals surface area contributed by atoms with Crippen LogP contribution in [0.3, 0.4) is 0 Å². The van der Waals surface area contributed by atoms with Crippen molar-refractivity contribution in [1.82, 2.24) is 10.4 Å². The monoisotopic (exact) mass is 332 g/mol. The number of amides is 1. The smallest absolute Gasteiger partial charge is 0.342 e. The number of hydrogen-bond acceptors (Lipinski definition) is 5. The lowest BCUT2D eigenvalue weighted by atomic mass is 10.0. The highest BCUT2D eigenvalue weighted by atomic mass is 16.6. The molecule has 24 heavy (non-hydrogen) atoms. The minimum absolute atomic E-state index is 0.0990. The molecule has 3 rings (SSSR count). The van der Waals surface area contributed by atoms with Crippen LogP contribution in [0.25, 0.3) is 0 Å². The SMILES string of the molecule is CC(C)NN1CC(C(=O)Oc2ccc3c(c2)C(C)CC3)OCC1=O. The number of benzene rings is 1. The van der Waals surface area contributed by atoms with Gasteiger partial charge in [0.2, 0.25) is 0 Å². The van der Waals surface area contributed by atoms with E-state index in [-0.39, 0.29) is 25.1 Å². The third-order valence-electron chi connectivity index (χ3n) is 4.45. The van der Waals surface area contributed by atoms with Gasteiger partial charge in [-0.05, 0) is 55.9 Å². The number of morpholine rings is 1. The summed E-state index contributed by atoms with van der Waals surface area (Å²) in [6, 6.07) is 5.90. The van der Waals surface area contributed by atoms with Gasteiger partial charge in [0, 0.05) is 6.04 Å². The molecule has 0 aromatic heterocycles. The van der Waals surface area contributed by atoms with Gasteiger partial charge in [0.25, 0.3) is 5.91 Å². The number of aryl methyl sites for hydroxylation is 1. The van der Waals surface area contributed by atoms with Gasteiger partial charge in [0.05, 0.1) is 6.54 Å². The molecule has 1 saturated heterocycles. The van der Waals surface area contributed by atoms with Crippen molar-refractivity contribution in [2.75, 3.05) is 13.2 Å². The maximum absolute atomic E-state index is 12.4. The van der Waals surface area contributed by atoms with Gasteiger partial charge < -0.3 is 9.47 Å². The lowest BCUT2D eigenvalue weighted by Crippen LogP contribution is -2.57. The van der Waals surface area contributed by atoms with Crippen LogP contribution < -0.4 is 10.2 Å². The summed E-state index contributed by atoms with van der Waals surface area (Å²) in [5.41, 5.74) is 5.60. The lowest BCUT2D eigenvalue weighted by molar-refractivity contribution is -0.166. The van der Waals surface area contributed by atoms with Crippen LogP contribution in [0.1, 0.15) is 44.2 Å². The van der Waals surface area contributed by atoms with Crippen molar-refractivity contribution in [1.29, 1.82) is 0 Å². The van der Waals surface area contributed by atoms with E-state index in [1.807, 2.05) is 32.0 Å². The van der Waals surface area contributed by atoms with Crippen LogP contribution in [0.2, 0.25) is 0 Å². The minimum Gasteiger partial charge on any atom is -0.425 e. The van der Waals surface area contributed by atoms with Gasteiger partial charge in [-0.3, -0.25) is 9.80 Å². The lowest BCUT2D eigenvalue weighted by Gasteiger charge is -2.33. The van der Waals surface area contributed by atoms with Crippen LogP contribution in [-0.4, -0.2) is 42.2 Å². The second-order valence-electron chi connectivity index (χ2n) is 6.81. The van der Waals surface area contributed by atoms with Crippen molar-refractivity contribution in [2.24, 2.45) is 0 Å². The number of esters is 1. The Bertz CT molecular complexity index is 644. The fourth-order valence-electron chi connectivity index (χ4n) is 3.18. The fourth-order valence-corrected chi connectivity index (χ4v) is 3.18. The molecular weight excluding hydrogens is 308 g/mol. The Hall–Kier alpha value is -1.92. The number of ether oxygens (including phenoxy) is 2. The second-order valence-corrected chi connectivity index (χ2v) is 6.81. The first-order chi connectivity index (χ1) is 11.4. The van der Waals surface area contributed by atoms with E-state index in [9.17, 15) is 9.59 Å². The van der Waals surface area contributed by atoms with Gasteiger partial charge in [0.15, 0.2) is 6.10 Å². The Morgan fingerprint density at radius 3 is 2.96 bits per heavy atom. The largest absolute Gasteiger partial charge is 0.425 e. The van der Waals surface area contributed by atoms with E-state index < -0.39 is 12.1 Å². The Morgan fingerprint density at radius 2 is 2.21 bits per heavy atom. The van der Waals surface area contributed by atoms with E-state index in [0.29, 0.717) is 11.7 Å². The number of rotatable bonds is 4. The van der Waals surface area contributed by atoms with Crippen LogP contribution in [0.5, 0.6) is 5.75 Å². The van der Waals surface area contributed by atoms with Crippen molar-refractivity contribution in [2.45, 2.75) is 51.7 Å². The highest BCUT2D eigenvalue weighted by Crippen LogP contribution is 2.35. The first-order valence-electron chi connectivity index (χ1n) is 8.46. The third-order valence-corrected chi connectivity index (χ3v) is 4.45. The number of hydrazine groups is 1.